The fraction of sp³-hybridized carbons (Fsp3) is 0.417. The van der Waals surface area contributed by atoms with Crippen LogP contribution >= 0.6 is 22.6 Å². The van der Waals surface area contributed by atoms with Crippen LogP contribution in [0.1, 0.15) is 36.5 Å². The summed E-state index contributed by atoms with van der Waals surface area (Å²) in [6, 6.07) is 0.941. The van der Waals surface area contributed by atoms with Gasteiger partial charge in [0.15, 0.2) is 17.5 Å². The number of esters is 1. The van der Waals surface area contributed by atoms with Crippen LogP contribution in [0.15, 0.2) is 6.07 Å². The molecule has 0 saturated carbocycles. The second kappa shape index (κ2) is 6.96. The van der Waals surface area contributed by atoms with Crippen molar-refractivity contribution < 1.29 is 22.7 Å². The van der Waals surface area contributed by atoms with Gasteiger partial charge in [-0.2, -0.15) is 0 Å². The summed E-state index contributed by atoms with van der Waals surface area (Å²) in [6.45, 7) is 2.13. The summed E-state index contributed by atoms with van der Waals surface area (Å²) < 4.78 is 44.1. The normalized spacial score (nSPS) is 10.5. The van der Waals surface area contributed by atoms with E-state index in [0.717, 1.165) is 18.9 Å². The minimum absolute atomic E-state index is 0.141. The first-order chi connectivity index (χ1) is 8.49. The van der Waals surface area contributed by atoms with E-state index >= 15 is 0 Å². The Morgan fingerprint density at radius 2 is 1.89 bits per heavy atom. The van der Waals surface area contributed by atoms with E-state index < -0.39 is 29.0 Å². The van der Waals surface area contributed by atoms with E-state index in [-0.39, 0.29) is 10.2 Å². The van der Waals surface area contributed by atoms with E-state index in [1.165, 1.54) is 22.6 Å². The molecule has 0 unspecified atom stereocenters. The van der Waals surface area contributed by atoms with Gasteiger partial charge < -0.3 is 4.74 Å². The quantitative estimate of drug-likeness (QED) is 0.256. The molecule has 0 bridgehead atoms. The number of ether oxygens (including phenoxy) is 1. The molecule has 0 aliphatic carbocycles. The third kappa shape index (κ3) is 3.60. The first-order valence-electron chi connectivity index (χ1n) is 5.49. The number of hydrogen-bond donors (Lipinski definition) is 0. The molecule has 0 atom stereocenters. The number of unbranched alkanes of at least 4 members (excludes halogenated alkanes) is 2. The van der Waals surface area contributed by atoms with Gasteiger partial charge in [-0.3, -0.25) is 0 Å². The van der Waals surface area contributed by atoms with Crippen molar-refractivity contribution in [3.8, 4) is 0 Å². The SMILES string of the molecule is CCCCCOC(=O)c1cc(I)c(F)c(F)c1F. The fourth-order valence-electron chi connectivity index (χ4n) is 1.32. The molecule has 1 aromatic rings. The molecular formula is C12H12F3IO2. The van der Waals surface area contributed by atoms with E-state index in [1.807, 2.05) is 6.92 Å². The first kappa shape index (κ1) is 15.3. The topological polar surface area (TPSA) is 26.3 Å². The third-order valence-corrected chi connectivity index (χ3v) is 3.09. The van der Waals surface area contributed by atoms with Crippen molar-refractivity contribution in [1.82, 2.24) is 0 Å². The van der Waals surface area contributed by atoms with Gasteiger partial charge in [-0.1, -0.05) is 19.8 Å². The van der Waals surface area contributed by atoms with Gasteiger partial charge in [0.2, 0.25) is 0 Å². The van der Waals surface area contributed by atoms with E-state index in [0.29, 0.717) is 6.42 Å². The van der Waals surface area contributed by atoms with Gasteiger partial charge in [0, 0.05) is 0 Å². The standard InChI is InChI=1S/C12H12F3IO2/c1-2-3-4-5-18-12(17)7-6-8(16)10(14)11(15)9(7)13/h6H,2-5H2,1H3. The number of carbonyl (C=O) groups excluding carboxylic acids is 1. The van der Waals surface area contributed by atoms with Gasteiger partial charge in [0.1, 0.15) is 0 Å². The molecule has 0 amide bonds. The monoisotopic (exact) mass is 372 g/mol. The maximum Gasteiger partial charge on any atom is 0.341 e. The highest BCUT2D eigenvalue weighted by molar-refractivity contribution is 14.1. The average molecular weight is 372 g/mol. The Labute approximate surface area is 117 Å². The lowest BCUT2D eigenvalue weighted by atomic mass is 10.2. The molecule has 0 radical (unpaired) electrons. The van der Waals surface area contributed by atoms with Crippen molar-refractivity contribution in [1.29, 1.82) is 0 Å². The lowest BCUT2D eigenvalue weighted by Gasteiger charge is -2.07. The Balaban J connectivity index is 2.80. The number of carbonyl (C=O) groups is 1. The molecule has 0 saturated heterocycles. The van der Waals surface area contributed by atoms with E-state index in [2.05, 4.69) is 0 Å². The largest absolute Gasteiger partial charge is 0.462 e. The number of halogens is 4. The van der Waals surface area contributed by atoms with E-state index in [9.17, 15) is 18.0 Å². The second-order valence-electron chi connectivity index (χ2n) is 3.69. The summed E-state index contributed by atoms with van der Waals surface area (Å²) >= 11 is 1.49. The van der Waals surface area contributed by atoms with Gasteiger partial charge >= 0.3 is 5.97 Å². The summed E-state index contributed by atoms with van der Waals surface area (Å²) in [6.07, 6.45) is 2.49. The highest BCUT2D eigenvalue weighted by Crippen LogP contribution is 2.21. The molecule has 2 nitrogen and oxygen atoms in total. The predicted molar refractivity (Wildman–Crippen MR) is 68.8 cm³/mol. The molecule has 0 N–H and O–H groups in total. The van der Waals surface area contributed by atoms with Crippen LogP contribution in [0.2, 0.25) is 0 Å². The Morgan fingerprint density at radius 3 is 2.50 bits per heavy atom. The van der Waals surface area contributed by atoms with Crippen LogP contribution in [-0.2, 0) is 4.74 Å². The third-order valence-electron chi connectivity index (χ3n) is 2.30. The molecule has 0 fully saturated rings. The van der Waals surface area contributed by atoms with E-state index in [4.69, 9.17) is 4.74 Å². The van der Waals surface area contributed by atoms with Crippen LogP contribution in [0, 0.1) is 21.0 Å². The maximum atomic E-state index is 13.3. The zero-order valence-electron chi connectivity index (χ0n) is 9.73. The molecule has 100 valence electrons. The second-order valence-corrected chi connectivity index (χ2v) is 4.85. The van der Waals surface area contributed by atoms with Crippen LogP contribution in [-0.4, -0.2) is 12.6 Å². The minimum atomic E-state index is -1.65. The van der Waals surface area contributed by atoms with Crippen LogP contribution in [0.3, 0.4) is 0 Å². The molecule has 1 aromatic carbocycles. The van der Waals surface area contributed by atoms with Gasteiger partial charge in [-0.05, 0) is 35.1 Å². The Bertz CT molecular complexity index is 449. The number of hydrogen-bond acceptors (Lipinski definition) is 2. The van der Waals surface area contributed by atoms with Crippen molar-refractivity contribution in [3.05, 3.63) is 32.7 Å². The number of rotatable bonds is 5. The summed E-state index contributed by atoms with van der Waals surface area (Å²) in [5, 5.41) is 0. The van der Waals surface area contributed by atoms with Crippen LogP contribution in [0.5, 0.6) is 0 Å². The van der Waals surface area contributed by atoms with Gasteiger partial charge in [-0.15, -0.1) is 0 Å². The molecule has 18 heavy (non-hydrogen) atoms. The van der Waals surface area contributed by atoms with E-state index in [1.54, 1.807) is 0 Å². The lowest BCUT2D eigenvalue weighted by Crippen LogP contribution is -2.11. The molecule has 0 aromatic heterocycles. The summed E-state index contributed by atoms with van der Waals surface area (Å²) in [5.74, 6) is -5.42. The Morgan fingerprint density at radius 1 is 1.22 bits per heavy atom. The van der Waals surface area contributed by atoms with Crippen molar-refractivity contribution in [2.75, 3.05) is 6.61 Å². The molecular weight excluding hydrogens is 360 g/mol. The molecule has 0 spiro atoms. The first-order valence-corrected chi connectivity index (χ1v) is 6.57. The Hall–Kier alpha value is -0.790. The zero-order chi connectivity index (χ0) is 13.7. The summed E-state index contributed by atoms with van der Waals surface area (Å²) in [5.41, 5.74) is -0.574. The molecule has 0 aliphatic heterocycles. The summed E-state index contributed by atoms with van der Waals surface area (Å²) in [7, 11) is 0. The van der Waals surface area contributed by atoms with Crippen LogP contribution in [0.4, 0.5) is 13.2 Å². The molecule has 0 heterocycles. The van der Waals surface area contributed by atoms with Crippen molar-refractivity contribution >= 4 is 28.6 Å². The van der Waals surface area contributed by atoms with Crippen LogP contribution < -0.4 is 0 Å². The van der Waals surface area contributed by atoms with Gasteiger partial charge in [0.25, 0.3) is 0 Å². The van der Waals surface area contributed by atoms with Crippen LogP contribution in [0.25, 0.3) is 0 Å². The summed E-state index contributed by atoms with van der Waals surface area (Å²) in [4.78, 5) is 11.5. The van der Waals surface area contributed by atoms with Crippen molar-refractivity contribution in [2.24, 2.45) is 0 Å². The average Bonchev–Trinajstić information content (AvgIpc) is 2.36. The van der Waals surface area contributed by atoms with Gasteiger partial charge in [0.05, 0.1) is 15.7 Å². The fourth-order valence-corrected chi connectivity index (χ4v) is 1.86. The van der Waals surface area contributed by atoms with Gasteiger partial charge in [-0.25, -0.2) is 18.0 Å². The molecule has 6 heteroatoms. The minimum Gasteiger partial charge on any atom is -0.462 e. The Kier molecular flexibility index (Phi) is 5.90. The lowest BCUT2D eigenvalue weighted by molar-refractivity contribution is 0.0491. The zero-order valence-corrected chi connectivity index (χ0v) is 11.9. The smallest absolute Gasteiger partial charge is 0.341 e. The maximum absolute atomic E-state index is 13.3. The number of benzene rings is 1. The van der Waals surface area contributed by atoms with Crippen molar-refractivity contribution in [2.45, 2.75) is 26.2 Å². The molecule has 1 rings (SSSR count). The van der Waals surface area contributed by atoms with Crippen molar-refractivity contribution in [3.63, 3.8) is 0 Å². The molecule has 0 aliphatic rings. The highest BCUT2D eigenvalue weighted by Gasteiger charge is 2.22. The predicted octanol–water partition coefficient (Wildman–Crippen LogP) is 4.06. The highest BCUT2D eigenvalue weighted by atomic mass is 127.